The van der Waals surface area contributed by atoms with Crippen LogP contribution >= 0.6 is 45.0 Å². The molecule has 1 heterocycles. The minimum absolute atomic E-state index is 0.943. The van der Waals surface area contributed by atoms with E-state index in [0.29, 0.717) is 0 Å². The van der Waals surface area contributed by atoms with E-state index in [1.807, 2.05) is 18.3 Å². The van der Waals surface area contributed by atoms with Gasteiger partial charge in [-0.2, -0.15) is 0 Å². The number of hydrogen-bond donors (Lipinski definition) is 1. The molecule has 4 heteroatoms. The van der Waals surface area contributed by atoms with Gasteiger partial charge in [0, 0.05) is 9.77 Å². The highest BCUT2D eigenvalue weighted by Gasteiger charge is 1.88. The molecule has 1 rings (SSSR count). The standard InChI is InChI=1S/C5H4INS2/c6-4-1-2-5(9-8)7-3-4/h1-3,8H. The average Bonchev–Trinajstić information content (AvgIpc) is 1.90. The lowest BCUT2D eigenvalue weighted by molar-refractivity contribution is 1.13. The Hall–Kier alpha value is 0.580. The number of thiol groups is 1. The van der Waals surface area contributed by atoms with Crippen LogP contribution in [0.2, 0.25) is 0 Å². The number of aromatic nitrogens is 1. The fourth-order valence-electron chi connectivity index (χ4n) is 0.416. The highest BCUT2D eigenvalue weighted by molar-refractivity contribution is 14.1. The van der Waals surface area contributed by atoms with E-state index in [1.165, 1.54) is 10.8 Å². The third kappa shape index (κ3) is 2.35. The predicted octanol–water partition coefficient (Wildman–Crippen LogP) is 2.62. The normalized spacial score (nSPS) is 9.56. The molecule has 0 atom stereocenters. The molecule has 0 aliphatic rings. The van der Waals surface area contributed by atoms with Crippen LogP contribution in [0.3, 0.4) is 0 Å². The third-order valence-corrected chi connectivity index (χ3v) is 2.42. The van der Waals surface area contributed by atoms with Crippen molar-refractivity contribution >= 4 is 45.0 Å². The largest absolute Gasteiger partial charge is 0.248 e. The van der Waals surface area contributed by atoms with Gasteiger partial charge in [0.1, 0.15) is 5.03 Å². The van der Waals surface area contributed by atoms with E-state index in [2.05, 4.69) is 39.2 Å². The summed E-state index contributed by atoms with van der Waals surface area (Å²) in [6.45, 7) is 0. The van der Waals surface area contributed by atoms with Crippen LogP contribution in [0, 0.1) is 3.57 Å². The van der Waals surface area contributed by atoms with Crippen LogP contribution in [-0.4, -0.2) is 4.98 Å². The Labute approximate surface area is 76.6 Å². The Balaban J connectivity index is 2.88. The first-order valence-electron chi connectivity index (χ1n) is 2.26. The molecule has 0 spiro atoms. The summed E-state index contributed by atoms with van der Waals surface area (Å²) in [4.78, 5) is 4.08. The zero-order valence-electron chi connectivity index (χ0n) is 4.41. The second-order valence-electron chi connectivity index (χ2n) is 1.41. The lowest BCUT2D eigenvalue weighted by Crippen LogP contribution is -1.75. The van der Waals surface area contributed by atoms with E-state index in [4.69, 9.17) is 0 Å². The van der Waals surface area contributed by atoms with Gasteiger partial charge in [-0.3, -0.25) is 0 Å². The molecular formula is C5H4INS2. The second kappa shape index (κ2) is 3.68. The average molecular weight is 269 g/mol. The molecule has 9 heavy (non-hydrogen) atoms. The first-order valence-corrected chi connectivity index (χ1v) is 5.20. The van der Waals surface area contributed by atoms with Gasteiger partial charge in [0.25, 0.3) is 0 Å². The number of pyridine rings is 1. The van der Waals surface area contributed by atoms with Crippen LogP contribution in [0.4, 0.5) is 0 Å². The maximum atomic E-state index is 4.08. The van der Waals surface area contributed by atoms with E-state index < -0.39 is 0 Å². The molecule has 0 amide bonds. The van der Waals surface area contributed by atoms with Crippen molar-refractivity contribution in [2.24, 2.45) is 0 Å². The fraction of sp³-hybridized carbons (Fsp3) is 0. The summed E-state index contributed by atoms with van der Waals surface area (Å²) in [5.74, 6) is 0. The molecule has 0 saturated carbocycles. The first-order chi connectivity index (χ1) is 4.33. The first kappa shape index (κ1) is 7.68. The number of rotatable bonds is 1. The molecule has 1 aromatic rings. The summed E-state index contributed by atoms with van der Waals surface area (Å²) in [5.41, 5.74) is 0. The molecule has 0 saturated heterocycles. The summed E-state index contributed by atoms with van der Waals surface area (Å²) >= 11 is 6.21. The van der Waals surface area contributed by atoms with E-state index in [0.717, 1.165) is 8.60 Å². The smallest absolute Gasteiger partial charge is 0.106 e. The van der Waals surface area contributed by atoms with E-state index in [-0.39, 0.29) is 0 Å². The quantitative estimate of drug-likeness (QED) is 0.478. The zero-order valence-corrected chi connectivity index (χ0v) is 8.28. The van der Waals surface area contributed by atoms with Gasteiger partial charge >= 0.3 is 0 Å². The Morgan fingerprint density at radius 3 is 2.78 bits per heavy atom. The highest BCUT2D eigenvalue weighted by Crippen LogP contribution is 2.18. The maximum Gasteiger partial charge on any atom is 0.106 e. The molecular weight excluding hydrogens is 265 g/mol. The summed E-state index contributed by atoms with van der Waals surface area (Å²) in [6.07, 6.45) is 1.82. The summed E-state index contributed by atoms with van der Waals surface area (Å²) < 4.78 is 1.15. The Kier molecular flexibility index (Phi) is 3.14. The van der Waals surface area contributed by atoms with Gasteiger partial charge < -0.3 is 0 Å². The zero-order chi connectivity index (χ0) is 6.69. The van der Waals surface area contributed by atoms with Crippen LogP contribution in [0.5, 0.6) is 0 Å². The molecule has 0 aliphatic carbocycles. The molecule has 0 fully saturated rings. The Morgan fingerprint density at radius 2 is 2.33 bits per heavy atom. The lowest BCUT2D eigenvalue weighted by Gasteiger charge is -1.91. The SMILES string of the molecule is SSc1ccc(I)cn1. The van der Waals surface area contributed by atoms with Gasteiger partial charge in [-0.25, -0.2) is 4.98 Å². The molecule has 0 N–H and O–H groups in total. The summed E-state index contributed by atoms with van der Waals surface area (Å²) in [7, 11) is 1.36. The molecule has 0 unspecified atom stereocenters. The number of nitrogens with zero attached hydrogens (tertiary/aromatic N) is 1. The van der Waals surface area contributed by atoms with Gasteiger partial charge in [0.2, 0.25) is 0 Å². The van der Waals surface area contributed by atoms with Crippen molar-refractivity contribution in [3.05, 3.63) is 21.9 Å². The van der Waals surface area contributed by atoms with Crippen LogP contribution in [0.25, 0.3) is 0 Å². The number of halogens is 1. The summed E-state index contributed by atoms with van der Waals surface area (Å²) in [6, 6.07) is 3.95. The van der Waals surface area contributed by atoms with Crippen molar-refractivity contribution in [2.45, 2.75) is 5.03 Å². The molecule has 0 aliphatic heterocycles. The van der Waals surface area contributed by atoms with Crippen LogP contribution in [-0.2, 0) is 0 Å². The number of hydrogen-bond acceptors (Lipinski definition) is 3. The van der Waals surface area contributed by atoms with Gasteiger partial charge in [0.15, 0.2) is 0 Å². The molecule has 0 radical (unpaired) electrons. The second-order valence-corrected chi connectivity index (χ2v) is 3.80. The highest BCUT2D eigenvalue weighted by atomic mass is 127. The van der Waals surface area contributed by atoms with E-state index in [9.17, 15) is 0 Å². The van der Waals surface area contributed by atoms with Gasteiger partial charge in [0.05, 0.1) is 0 Å². The summed E-state index contributed by atoms with van der Waals surface area (Å²) in [5, 5.41) is 0.943. The van der Waals surface area contributed by atoms with Crippen molar-refractivity contribution < 1.29 is 0 Å². The minimum Gasteiger partial charge on any atom is -0.248 e. The monoisotopic (exact) mass is 269 g/mol. The molecule has 48 valence electrons. The molecule has 0 bridgehead atoms. The van der Waals surface area contributed by atoms with Crippen LogP contribution < -0.4 is 0 Å². The topological polar surface area (TPSA) is 12.9 Å². The van der Waals surface area contributed by atoms with Crippen molar-refractivity contribution in [1.29, 1.82) is 0 Å². The molecule has 0 aromatic carbocycles. The van der Waals surface area contributed by atoms with Gasteiger partial charge in [-0.15, -0.1) is 11.7 Å². The van der Waals surface area contributed by atoms with E-state index >= 15 is 0 Å². The fourth-order valence-corrected chi connectivity index (χ4v) is 1.29. The van der Waals surface area contributed by atoms with E-state index in [1.54, 1.807) is 0 Å². The predicted molar refractivity (Wildman–Crippen MR) is 51.8 cm³/mol. The van der Waals surface area contributed by atoms with Crippen molar-refractivity contribution in [1.82, 2.24) is 4.98 Å². The maximum absolute atomic E-state index is 4.08. The third-order valence-electron chi connectivity index (χ3n) is 0.794. The van der Waals surface area contributed by atoms with Crippen molar-refractivity contribution in [3.63, 3.8) is 0 Å². The van der Waals surface area contributed by atoms with Crippen molar-refractivity contribution in [2.75, 3.05) is 0 Å². The van der Waals surface area contributed by atoms with Gasteiger partial charge in [-0.05, 0) is 45.5 Å². The molecule has 1 aromatic heterocycles. The van der Waals surface area contributed by atoms with Crippen LogP contribution in [0.1, 0.15) is 0 Å². The lowest BCUT2D eigenvalue weighted by atomic mass is 10.5. The van der Waals surface area contributed by atoms with Crippen molar-refractivity contribution in [3.8, 4) is 0 Å². The van der Waals surface area contributed by atoms with Gasteiger partial charge in [-0.1, -0.05) is 0 Å². The van der Waals surface area contributed by atoms with Crippen LogP contribution in [0.15, 0.2) is 23.4 Å². The molecule has 1 nitrogen and oxygen atoms in total. The minimum atomic E-state index is 0.943. The Bertz CT molecular complexity index is 187. The Morgan fingerprint density at radius 1 is 1.56 bits per heavy atom.